The van der Waals surface area contributed by atoms with Crippen molar-refractivity contribution in [2.24, 2.45) is 18.4 Å². The van der Waals surface area contributed by atoms with Crippen LogP contribution in [0.1, 0.15) is 39.1 Å². The zero-order valence-corrected chi connectivity index (χ0v) is 15.9. The Hall–Kier alpha value is -0.390. The SMILES string of the molecule is CCc1nn(C)c(CC(C)(CNCCOC)C(C)C)c1Br. The highest BCUT2D eigenvalue weighted by Crippen LogP contribution is 2.34. The minimum absolute atomic E-state index is 0.190. The lowest BCUT2D eigenvalue weighted by molar-refractivity contribution is 0.173. The van der Waals surface area contributed by atoms with Gasteiger partial charge in [0.1, 0.15) is 0 Å². The Morgan fingerprint density at radius 1 is 1.43 bits per heavy atom. The molecule has 21 heavy (non-hydrogen) atoms. The van der Waals surface area contributed by atoms with Crippen molar-refractivity contribution in [1.82, 2.24) is 15.1 Å². The van der Waals surface area contributed by atoms with Crippen molar-refractivity contribution in [2.75, 3.05) is 26.8 Å². The zero-order chi connectivity index (χ0) is 16.0. The quantitative estimate of drug-likeness (QED) is 0.688. The van der Waals surface area contributed by atoms with Crippen LogP contribution in [-0.4, -0.2) is 36.6 Å². The Labute approximate surface area is 137 Å². The molecule has 0 saturated carbocycles. The number of methoxy groups -OCH3 is 1. The summed E-state index contributed by atoms with van der Waals surface area (Å²) in [5.41, 5.74) is 2.62. The maximum atomic E-state index is 5.11. The van der Waals surface area contributed by atoms with Gasteiger partial charge in [-0.05, 0) is 40.1 Å². The summed E-state index contributed by atoms with van der Waals surface area (Å²) >= 11 is 3.73. The Morgan fingerprint density at radius 3 is 2.57 bits per heavy atom. The summed E-state index contributed by atoms with van der Waals surface area (Å²) in [6, 6.07) is 0. The van der Waals surface area contributed by atoms with Gasteiger partial charge in [-0.3, -0.25) is 4.68 Å². The van der Waals surface area contributed by atoms with E-state index in [9.17, 15) is 0 Å². The van der Waals surface area contributed by atoms with Crippen LogP contribution in [0.2, 0.25) is 0 Å². The van der Waals surface area contributed by atoms with Crippen LogP contribution in [0.15, 0.2) is 4.47 Å². The number of halogens is 1. The van der Waals surface area contributed by atoms with Crippen molar-refractivity contribution < 1.29 is 4.74 Å². The van der Waals surface area contributed by atoms with Gasteiger partial charge in [0.15, 0.2) is 0 Å². The molecule has 0 amide bonds. The van der Waals surface area contributed by atoms with E-state index in [1.165, 1.54) is 10.2 Å². The van der Waals surface area contributed by atoms with E-state index in [4.69, 9.17) is 4.74 Å². The normalized spacial score (nSPS) is 14.7. The number of nitrogens with one attached hydrogen (secondary N) is 1. The molecule has 5 heteroatoms. The fraction of sp³-hybridized carbons (Fsp3) is 0.812. The van der Waals surface area contributed by atoms with Gasteiger partial charge in [-0.1, -0.05) is 27.7 Å². The Balaban J connectivity index is 2.85. The molecule has 1 atom stereocenters. The Kier molecular flexibility index (Phi) is 7.37. The predicted octanol–water partition coefficient (Wildman–Crippen LogP) is 3.19. The number of hydrogen-bond donors (Lipinski definition) is 1. The molecule has 0 radical (unpaired) electrons. The maximum absolute atomic E-state index is 5.11. The van der Waals surface area contributed by atoms with Crippen LogP contribution in [0.3, 0.4) is 0 Å². The number of hydrogen-bond acceptors (Lipinski definition) is 3. The third-order valence-electron chi connectivity index (χ3n) is 4.48. The number of aryl methyl sites for hydroxylation is 2. The molecule has 0 aliphatic heterocycles. The van der Waals surface area contributed by atoms with E-state index >= 15 is 0 Å². The molecule has 0 aromatic carbocycles. The highest BCUT2D eigenvalue weighted by molar-refractivity contribution is 9.10. The Morgan fingerprint density at radius 2 is 2.10 bits per heavy atom. The summed E-state index contributed by atoms with van der Waals surface area (Å²) in [5, 5.41) is 8.13. The van der Waals surface area contributed by atoms with Gasteiger partial charge in [-0.25, -0.2) is 0 Å². The molecule has 1 N–H and O–H groups in total. The van der Waals surface area contributed by atoms with Crippen molar-refractivity contribution in [1.29, 1.82) is 0 Å². The Bertz CT molecular complexity index is 445. The molecule has 0 saturated heterocycles. The summed E-state index contributed by atoms with van der Waals surface area (Å²) in [6.07, 6.45) is 1.97. The van der Waals surface area contributed by atoms with Crippen molar-refractivity contribution in [2.45, 2.75) is 40.5 Å². The monoisotopic (exact) mass is 359 g/mol. The number of nitrogens with zero attached hydrogens (tertiary/aromatic N) is 2. The minimum atomic E-state index is 0.190. The van der Waals surface area contributed by atoms with Gasteiger partial charge in [-0.15, -0.1) is 0 Å². The molecule has 0 aliphatic carbocycles. The molecular weight excluding hydrogens is 330 g/mol. The van der Waals surface area contributed by atoms with Crippen LogP contribution >= 0.6 is 15.9 Å². The average molecular weight is 360 g/mol. The van der Waals surface area contributed by atoms with Gasteiger partial charge in [-0.2, -0.15) is 5.10 Å². The summed E-state index contributed by atoms with van der Waals surface area (Å²) in [5.74, 6) is 0.583. The lowest BCUT2D eigenvalue weighted by Crippen LogP contribution is -2.39. The first-order chi connectivity index (χ1) is 9.85. The van der Waals surface area contributed by atoms with E-state index < -0.39 is 0 Å². The molecule has 1 aromatic rings. The third kappa shape index (κ3) is 4.80. The van der Waals surface area contributed by atoms with E-state index in [1.54, 1.807) is 7.11 Å². The van der Waals surface area contributed by atoms with Gasteiger partial charge < -0.3 is 10.1 Å². The topological polar surface area (TPSA) is 39.1 Å². The molecule has 0 aliphatic rings. The highest BCUT2D eigenvalue weighted by atomic mass is 79.9. The summed E-state index contributed by atoms with van der Waals surface area (Å²) in [4.78, 5) is 0. The molecule has 122 valence electrons. The van der Waals surface area contributed by atoms with Crippen LogP contribution < -0.4 is 5.32 Å². The molecule has 4 nitrogen and oxygen atoms in total. The van der Waals surface area contributed by atoms with Gasteiger partial charge in [0.25, 0.3) is 0 Å². The van der Waals surface area contributed by atoms with Gasteiger partial charge in [0.05, 0.1) is 22.5 Å². The summed E-state index contributed by atoms with van der Waals surface area (Å²) in [6.45, 7) is 11.7. The maximum Gasteiger partial charge on any atom is 0.0766 e. The average Bonchev–Trinajstić information content (AvgIpc) is 2.71. The van der Waals surface area contributed by atoms with Gasteiger partial charge >= 0.3 is 0 Å². The molecule has 0 spiro atoms. The van der Waals surface area contributed by atoms with Crippen LogP contribution in [0.4, 0.5) is 0 Å². The second-order valence-corrected chi connectivity index (χ2v) is 7.13. The molecule has 0 bridgehead atoms. The molecule has 1 heterocycles. The van der Waals surface area contributed by atoms with Crippen molar-refractivity contribution >= 4 is 15.9 Å². The van der Waals surface area contributed by atoms with Gasteiger partial charge in [0, 0.05) is 27.2 Å². The predicted molar refractivity (Wildman–Crippen MR) is 91.7 cm³/mol. The van der Waals surface area contributed by atoms with Crippen LogP contribution in [-0.2, 0) is 24.6 Å². The van der Waals surface area contributed by atoms with Crippen molar-refractivity contribution in [3.8, 4) is 0 Å². The fourth-order valence-corrected chi connectivity index (χ4v) is 3.17. The largest absolute Gasteiger partial charge is 0.383 e. The number of ether oxygens (including phenoxy) is 1. The summed E-state index contributed by atoms with van der Waals surface area (Å²) in [7, 11) is 3.78. The van der Waals surface area contributed by atoms with Crippen molar-refractivity contribution in [3.05, 3.63) is 15.9 Å². The van der Waals surface area contributed by atoms with E-state index in [1.807, 2.05) is 11.7 Å². The van der Waals surface area contributed by atoms with Crippen LogP contribution in [0.5, 0.6) is 0 Å². The first-order valence-electron chi connectivity index (χ1n) is 7.75. The van der Waals surface area contributed by atoms with Crippen molar-refractivity contribution in [3.63, 3.8) is 0 Å². The third-order valence-corrected chi connectivity index (χ3v) is 5.40. The first kappa shape index (κ1) is 18.7. The van der Waals surface area contributed by atoms with Crippen LogP contribution in [0.25, 0.3) is 0 Å². The second kappa shape index (κ2) is 8.30. The molecule has 1 aromatic heterocycles. The molecule has 1 unspecified atom stereocenters. The number of rotatable bonds is 9. The highest BCUT2D eigenvalue weighted by Gasteiger charge is 2.31. The standard InChI is InChI=1S/C16H30BrN3O/c1-7-13-15(17)14(20(5)19-13)10-16(4,12(2)3)11-18-8-9-21-6/h12,18H,7-11H2,1-6H3. The zero-order valence-electron chi connectivity index (χ0n) is 14.3. The molecule has 0 fully saturated rings. The van der Waals surface area contributed by atoms with E-state index in [2.05, 4.69) is 54.0 Å². The summed E-state index contributed by atoms with van der Waals surface area (Å²) < 4.78 is 8.31. The smallest absolute Gasteiger partial charge is 0.0766 e. The van der Waals surface area contributed by atoms with Gasteiger partial charge in [0.2, 0.25) is 0 Å². The van der Waals surface area contributed by atoms with Crippen LogP contribution in [0, 0.1) is 11.3 Å². The van der Waals surface area contributed by atoms with E-state index in [-0.39, 0.29) is 5.41 Å². The van der Waals surface area contributed by atoms with E-state index in [0.717, 1.165) is 38.2 Å². The lowest BCUT2D eigenvalue weighted by Gasteiger charge is -2.34. The molecular formula is C16H30BrN3O. The molecule has 1 rings (SSSR count). The minimum Gasteiger partial charge on any atom is -0.383 e. The lowest BCUT2D eigenvalue weighted by atomic mass is 9.75. The number of aromatic nitrogens is 2. The second-order valence-electron chi connectivity index (χ2n) is 6.34. The first-order valence-corrected chi connectivity index (χ1v) is 8.55. The fourth-order valence-electron chi connectivity index (χ4n) is 2.41. The van der Waals surface area contributed by atoms with E-state index in [0.29, 0.717) is 5.92 Å².